The minimum absolute atomic E-state index is 0.344. The number of quaternary nitrogens is 1. The average Bonchev–Trinajstić information content (AvgIpc) is 3.06. The Bertz CT molecular complexity index is 854. The smallest absolute Gasteiger partial charge is 0.161 e. The van der Waals surface area contributed by atoms with Crippen molar-refractivity contribution in [1.29, 1.82) is 0 Å². The van der Waals surface area contributed by atoms with E-state index in [0.29, 0.717) is 19.3 Å². The number of benzene rings is 2. The monoisotopic (exact) mass is 354 g/mol. The lowest BCUT2D eigenvalue weighted by Crippen LogP contribution is -2.87. The highest BCUT2D eigenvalue weighted by Crippen LogP contribution is 2.38. The molecule has 0 saturated carbocycles. The molecule has 0 aliphatic carbocycles. The molecule has 2 heterocycles. The van der Waals surface area contributed by atoms with E-state index in [1.54, 1.807) is 0 Å². The van der Waals surface area contributed by atoms with Crippen molar-refractivity contribution in [2.75, 3.05) is 19.8 Å². The molecule has 3 nitrogen and oxygen atoms in total. The topological polar surface area (TPSA) is 35.1 Å². The van der Waals surface area contributed by atoms with E-state index in [-0.39, 0.29) is 0 Å². The van der Waals surface area contributed by atoms with Crippen LogP contribution in [0.1, 0.15) is 35.9 Å². The molecule has 0 unspecified atom stereocenters. The van der Waals surface area contributed by atoms with E-state index in [4.69, 9.17) is 9.47 Å². The van der Waals surface area contributed by atoms with Gasteiger partial charge in [-0.1, -0.05) is 18.2 Å². The van der Waals surface area contributed by atoms with Gasteiger partial charge >= 0.3 is 0 Å². The Hall–Kier alpha value is -2.04. The first-order valence-corrected chi connectivity index (χ1v) is 9.86. The van der Waals surface area contributed by atoms with Gasteiger partial charge in [0, 0.05) is 16.7 Å². The molecule has 2 N–H and O–H groups in total. The van der Waals surface area contributed by atoms with E-state index in [2.05, 4.69) is 47.8 Å². The third kappa shape index (κ3) is 3.12. The Labute approximate surface area is 152 Å². The highest BCUT2D eigenvalue weighted by atomic mass is 32.1. The summed E-state index contributed by atoms with van der Waals surface area (Å²) in [6.07, 6.45) is 1.07. The Balaban J connectivity index is 1.78. The third-order valence-corrected chi connectivity index (χ3v) is 5.91. The average molecular weight is 354 g/mol. The van der Waals surface area contributed by atoms with Gasteiger partial charge < -0.3 is 14.8 Å². The van der Waals surface area contributed by atoms with E-state index < -0.39 is 0 Å². The van der Waals surface area contributed by atoms with Gasteiger partial charge in [0.1, 0.15) is 6.04 Å². The van der Waals surface area contributed by atoms with Crippen LogP contribution >= 0.6 is 11.3 Å². The summed E-state index contributed by atoms with van der Waals surface area (Å²) in [5, 5.41) is 3.78. The van der Waals surface area contributed by atoms with Crippen molar-refractivity contribution in [3.63, 3.8) is 0 Å². The van der Waals surface area contributed by atoms with Gasteiger partial charge in [-0.05, 0) is 49.1 Å². The minimum Gasteiger partial charge on any atom is -0.490 e. The maximum atomic E-state index is 5.86. The molecule has 0 saturated heterocycles. The van der Waals surface area contributed by atoms with Gasteiger partial charge in [0.05, 0.1) is 24.6 Å². The Morgan fingerprint density at radius 1 is 1.04 bits per heavy atom. The molecule has 25 heavy (non-hydrogen) atoms. The van der Waals surface area contributed by atoms with Crippen molar-refractivity contribution in [1.82, 2.24) is 0 Å². The summed E-state index contributed by atoms with van der Waals surface area (Å²) in [4.78, 5) is 1.41. The fraction of sp³-hybridized carbons (Fsp3) is 0.333. The van der Waals surface area contributed by atoms with Crippen LogP contribution in [0.5, 0.6) is 11.5 Å². The summed E-state index contributed by atoms with van der Waals surface area (Å²) in [5.41, 5.74) is 2.75. The largest absolute Gasteiger partial charge is 0.490 e. The second-order valence-electron chi connectivity index (χ2n) is 6.30. The van der Waals surface area contributed by atoms with Gasteiger partial charge in [-0.2, -0.15) is 0 Å². The van der Waals surface area contributed by atoms with E-state index >= 15 is 0 Å². The molecule has 1 aliphatic heterocycles. The van der Waals surface area contributed by atoms with Crippen LogP contribution in [-0.4, -0.2) is 19.8 Å². The lowest BCUT2D eigenvalue weighted by Gasteiger charge is -2.25. The zero-order valence-electron chi connectivity index (χ0n) is 14.7. The second-order valence-corrected chi connectivity index (χ2v) is 7.42. The van der Waals surface area contributed by atoms with E-state index in [1.165, 1.54) is 26.1 Å². The molecule has 0 radical (unpaired) electrons. The first-order chi connectivity index (χ1) is 12.3. The van der Waals surface area contributed by atoms with Crippen molar-refractivity contribution in [3.8, 4) is 11.5 Å². The van der Waals surface area contributed by atoms with Gasteiger partial charge in [0.15, 0.2) is 11.5 Å². The van der Waals surface area contributed by atoms with Crippen LogP contribution in [0.4, 0.5) is 0 Å². The molecule has 0 amide bonds. The van der Waals surface area contributed by atoms with Crippen LogP contribution in [-0.2, 0) is 6.42 Å². The zero-order valence-corrected chi connectivity index (χ0v) is 15.6. The Morgan fingerprint density at radius 2 is 1.80 bits per heavy atom. The molecule has 0 bridgehead atoms. The minimum atomic E-state index is 0.344. The summed E-state index contributed by atoms with van der Waals surface area (Å²) in [6.45, 7) is 6.44. The number of hydrogen-bond donors (Lipinski definition) is 1. The molecule has 0 fully saturated rings. The Morgan fingerprint density at radius 3 is 2.56 bits per heavy atom. The summed E-state index contributed by atoms with van der Waals surface area (Å²) in [7, 11) is 0. The van der Waals surface area contributed by atoms with Crippen LogP contribution in [0.2, 0.25) is 0 Å². The summed E-state index contributed by atoms with van der Waals surface area (Å²) >= 11 is 1.90. The fourth-order valence-corrected chi connectivity index (χ4v) is 4.80. The SMILES string of the molecule is CCOc1cc2c(cc1OCC)[C@@H](c1cc3ccccc3s1)[NH2+]CC2. The normalized spacial score (nSPS) is 16.6. The summed E-state index contributed by atoms with van der Waals surface area (Å²) in [6, 6.07) is 15.7. The Kier molecular flexibility index (Phi) is 4.64. The van der Waals surface area contributed by atoms with Crippen molar-refractivity contribution in [3.05, 3.63) is 58.5 Å². The molecule has 2 aromatic carbocycles. The lowest BCUT2D eigenvalue weighted by atomic mass is 9.92. The molecular weight excluding hydrogens is 330 g/mol. The van der Waals surface area contributed by atoms with Crippen LogP contribution in [0.3, 0.4) is 0 Å². The molecule has 3 aromatic rings. The highest BCUT2D eigenvalue weighted by Gasteiger charge is 2.28. The van der Waals surface area contributed by atoms with Crippen LogP contribution in [0.15, 0.2) is 42.5 Å². The molecule has 1 atom stereocenters. The number of fused-ring (bicyclic) bond motifs is 2. The number of nitrogens with two attached hydrogens (primary N) is 1. The first kappa shape index (κ1) is 16.4. The van der Waals surface area contributed by atoms with Crippen molar-refractivity contribution in [2.24, 2.45) is 0 Å². The molecule has 4 rings (SSSR count). The molecule has 0 spiro atoms. The molecular formula is C21H24NO2S+. The highest BCUT2D eigenvalue weighted by molar-refractivity contribution is 7.19. The van der Waals surface area contributed by atoms with Gasteiger partial charge in [-0.3, -0.25) is 0 Å². The lowest BCUT2D eigenvalue weighted by molar-refractivity contribution is -0.689. The maximum absolute atomic E-state index is 5.86. The van der Waals surface area contributed by atoms with E-state index in [0.717, 1.165) is 24.5 Å². The predicted octanol–water partition coefficient (Wildman–Crippen LogP) is 3.91. The standard InChI is InChI=1S/C21H23NO2S/c1-3-23-17-11-14-9-10-22-21(16(14)13-18(17)24-4-2)20-12-15-7-5-6-8-19(15)25-20/h5-8,11-13,21-22H,3-4,9-10H2,1-2H3/p+1/t21-/m0/s1. The van der Waals surface area contributed by atoms with Gasteiger partial charge in [-0.25, -0.2) is 0 Å². The van der Waals surface area contributed by atoms with E-state index in [1.807, 2.05) is 25.2 Å². The summed E-state index contributed by atoms with van der Waals surface area (Å²) < 4.78 is 13.0. The number of rotatable bonds is 5. The van der Waals surface area contributed by atoms with Crippen LogP contribution < -0.4 is 14.8 Å². The van der Waals surface area contributed by atoms with Gasteiger partial charge in [0.2, 0.25) is 0 Å². The van der Waals surface area contributed by atoms with Gasteiger partial charge in [0.25, 0.3) is 0 Å². The quantitative estimate of drug-likeness (QED) is 0.754. The number of thiophene rings is 1. The molecule has 4 heteroatoms. The maximum Gasteiger partial charge on any atom is 0.161 e. The second kappa shape index (κ2) is 7.06. The fourth-order valence-electron chi connectivity index (χ4n) is 3.62. The molecule has 130 valence electrons. The third-order valence-electron chi connectivity index (χ3n) is 4.71. The predicted molar refractivity (Wildman–Crippen MR) is 103 cm³/mol. The zero-order chi connectivity index (χ0) is 17.2. The summed E-state index contributed by atoms with van der Waals surface area (Å²) in [5.74, 6) is 1.74. The van der Waals surface area contributed by atoms with Crippen molar-refractivity contribution >= 4 is 21.4 Å². The molecule has 1 aromatic heterocycles. The van der Waals surface area contributed by atoms with Crippen LogP contribution in [0.25, 0.3) is 10.1 Å². The van der Waals surface area contributed by atoms with Crippen LogP contribution in [0, 0.1) is 0 Å². The number of hydrogen-bond acceptors (Lipinski definition) is 3. The van der Waals surface area contributed by atoms with Gasteiger partial charge in [-0.15, -0.1) is 11.3 Å². The number of ether oxygens (including phenoxy) is 2. The van der Waals surface area contributed by atoms with E-state index in [9.17, 15) is 0 Å². The molecule has 1 aliphatic rings. The van der Waals surface area contributed by atoms with Crippen molar-refractivity contribution < 1.29 is 14.8 Å². The first-order valence-electron chi connectivity index (χ1n) is 9.04. The van der Waals surface area contributed by atoms with Crippen molar-refractivity contribution in [2.45, 2.75) is 26.3 Å².